The molecule has 0 radical (unpaired) electrons. The maximum Gasteiger partial charge on any atom is 0.150 e. The zero-order chi connectivity index (χ0) is 12.5. The van der Waals surface area contributed by atoms with Crippen LogP contribution in [-0.2, 0) is 0 Å². The molecule has 0 spiro atoms. The van der Waals surface area contributed by atoms with E-state index in [4.69, 9.17) is 0 Å². The second kappa shape index (κ2) is 4.49. The summed E-state index contributed by atoms with van der Waals surface area (Å²) >= 11 is 1.67. The van der Waals surface area contributed by atoms with E-state index in [0.717, 1.165) is 39.3 Å². The van der Waals surface area contributed by atoms with Gasteiger partial charge in [-0.15, -0.1) is 11.3 Å². The van der Waals surface area contributed by atoms with Gasteiger partial charge in [0.15, 0.2) is 0 Å². The van der Waals surface area contributed by atoms with Gasteiger partial charge in [-0.25, -0.2) is 15.0 Å². The molecular formula is C13H14N4S. The third-order valence-corrected chi connectivity index (χ3v) is 4.17. The van der Waals surface area contributed by atoms with Gasteiger partial charge in [-0.2, -0.15) is 0 Å². The van der Waals surface area contributed by atoms with Crippen LogP contribution >= 0.6 is 11.3 Å². The Kier molecular flexibility index (Phi) is 2.83. The standard InChI is InChI=1S/C13H14N4S/c1-3-17(4-2)12-11-10(15-8-16-12)9-6-5-7-14-13(9)18-11/h5-8H,3-4H2,1-2H3. The zero-order valence-electron chi connectivity index (χ0n) is 10.4. The van der Waals surface area contributed by atoms with E-state index < -0.39 is 0 Å². The van der Waals surface area contributed by atoms with Crippen molar-refractivity contribution in [1.82, 2.24) is 15.0 Å². The van der Waals surface area contributed by atoms with Gasteiger partial charge in [0.2, 0.25) is 0 Å². The Labute approximate surface area is 109 Å². The van der Waals surface area contributed by atoms with Gasteiger partial charge in [-0.05, 0) is 26.0 Å². The third-order valence-electron chi connectivity index (χ3n) is 3.07. The molecule has 18 heavy (non-hydrogen) atoms. The number of aromatic nitrogens is 3. The van der Waals surface area contributed by atoms with Crippen LogP contribution in [0.1, 0.15) is 13.8 Å². The lowest BCUT2D eigenvalue weighted by molar-refractivity contribution is 0.850. The molecule has 0 atom stereocenters. The minimum absolute atomic E-state index is 0.949. The first kappa shape index (κ1) is 11.3. The van der Waals surface area contributed by atoms with Crippen molar-refractivity contribution < 1.29 is 0 Å². The van der Waals surface area contributed by atoms with E-state index in [1.165, 1.54) is 0 Å². The summed E-state index contributed by atoms with van der Waals surface area (Å²) in [6, 6.07) is 4.02. The summed E-state index contributed by atoms with van der Waals surface area (Å²) in [5.74, 6) is 1.02. The Morgan fingerprint density at radius 2 is 2.00 bits per heavy atom. The van der Waals surface area contributed by atoms with Crippen LogP contribution in [0.3, 0.4) is 0 Å². The molecule has 0 aliphatic heterocycles. The highest BCUT2D eigenvalue weighted by Crippen LogP contribution is 2.35. The predicted octanol–water partition coefficient (Wildman–Crippen LogP) is 3.09. The van der Waals surface area contributed by atoms with Crippen molar-refractivity contribution >= 4 is 37.6 Å². The first-order valence-corrected chi connectivity index (χ1v) is 6.90. The molecule has 0 saturated heterocycles. The second-order valence-corrected chi connectivity index (χ2v) is 5.00. The van der Waals surface area contributed by atoms with Crippen LogP contribution in [0.5, 0.6) is 0 Å². The van der Waals surface area contributed by atoms with E-state index in [0.29, 0.717) is 0 Å². The lowest BCUT2D eigenvalue weighted by Gasteiger charge is -2.19. The molecule has 3 rings (SSSR count). The van der Waals surface area contributed by atoms with Gasteiger partial charge >= 0.3 is 0 Å². The Balaban J connectivity index is 2.34. The Morgan fingerprint density at radius 3 is 2.78 bits per heavy atom. The molecule has 3 aromatic heterocycles. The molecule has 3 aromatic rings. The van der Waals surface area contributed by atoms with E-state index in [1.54, 1.807) is 17.7 Å². The molecule has 0 fully saturated rings. The molecule has 0 unspecified atom stereocenters. The molecular weight excluding hydrogens is 244 g/mol. The van der Waals surface area contributed by atoms with Gasteiger partial charge in [0.25, 0.3) is 0 Å². The highest BCUT2D eigenvalue weighted by Gasteiger charge is 2.14. The van der Waals surface area contributed by atoms with E-state index in [9.17, 15) is 0 Å². The van der Waals surface area contributed by atoms with E-state index in [1.807, 2.05) is 12.3 Å². The van der Waals surface area contributed by atoms with Gasteiger partial charge in [-0.1, -0.05) is 0 Å². The molecule has 0 saturated carbocycles. The minimum atomic E-state index is 0.949. The Morgan fingerprint density at radius 1 is 1.17 bits per heavy atom. The van der Waals surface area contributed by atoms with Crippen molar-refractivity contribution in [3.8, 4) is 0 Å². The number of thiophene rings is 1. The lowest BCUT2D eigenvalue weighted by Crippen LogP contribution is -2.22. The highest BCUT2D eigenvalue weighted by molar-refractivity contribution is 7.25. The second-order valence-electron chi connectivity index (χ2n) is 4.01. The van der Waals surface area contributed by atoms with Crippen LogP contribution in [0.25, 0.3) is 20.4 Å². The largest absolute Gasteiger partial charge is 0.356 e. The summed E-state index contributed by atoms with van der Waals surface area (Å²) in [4.78, 5) is 16.5. The van der Waals surface area contributed by atoms with Crippen molar-refractivity contribution in [3.05, 3.63) is 24.7 Å². The van der Waals surface area contributed by atoms with Crippen molar-refractivity contribution in [2.45, 2.75) is 13.8 Å². The van der Waals surface area contributed by atoms with Crippen LogP contribution in [-0.4, -0.2) is 28.0 Å². The maximum absolute atomic E-state index is 4.44. The number of hydrogen-bond donors (Lipinski definition) is 0. The zero-order valence-corrected chi connectivity index (χ0v) is 11.2. The van der Waals surface area contributed by atoms with Crippen LogP contribution in [0, 0.1) is 0 Å². The molecule has 5 heteroatoms. The van der Waals surface area contributed by atoms with Crippen LogP contribution in [0.2, 0.25) is 0 Å². The van der Waals surface area contributed by atoms with Gasteiger partial charge in [0.05, 0.1) is 10.2 Å². The summed E-state index contributed by atoms with van der Waals surface area (Å²) in [7, 11) is 0. The minimum Gasteiger partial charge on any atom is -0.356 e. The molecule has 92 valence electrons. The molecule has 4 nitrogen and oxygen atoms in total. The number of hydrogen-bond acceptors (Lipinski definition) is 5. The fourth-order valence-electron chi connectivity index (χ4n) is 2.15. The quantitative estimate of drug-likeness (QED) is 0.724. The number of anilines is 1. The number of nitrogens with zero attached hydrogens (tertiary/aromatic N) is 4. The molecule has 0 amide bonds. The summed E-state index contributed by atoms with van der Waals surface area (Å²) in [5.41, 5.74) is 1.01. The average molecular weight is 258 g/mol. The van der Waals surface area contributed by atoms with E-state index in [2.05, 4.69) is 39.8 Å². The summed E-state index contributed by atoms with van der Waals surface area (Å²) in [5, 5.41) is 1.12. The maximum atomic E-state index is 4.44. The summed E-state index contributed by atoms with van der Waals surface area (Å²) < 4.78 is 1.13. The molecule has 0 N–H and O–H groups in total. The Bertz CT molecular complexity index is 688. The monoisotopic (exact) mass is 258 g/mol. The molecule has 0 aliphatic rings. The van der Waals surface area contributed by atoms with Gasteiger partial charge in [0.1, 0.15) is 17.0 Å². The van der Waals surface area contributed by atoms with E-state index in [-0.39, 0.29) is 0 Å². The van der Waals surface area contributed by atoms with Crippen molar-refractivity contribution in [1.29, 1.82) is 0 Å². The fraction of sp³-hybridized carbons (Fsp3) is 0.308. The molecule has 0 bridgehead atoms. The summed E-state index contributed by atoms with van der Waals surface area (Å²) in [6.07, 6.45) is 3.47. The highest BCUT2D eigenvalue weighted by atomic mass is 32.1. The van der Waals surface area contributed by atoms with Gasteiger partial charge < -0.3 is 4.90 Å². The normalized spacial score (nSPS) is 11.2. The number of rotatable bonds is 3. The van der Waals surface area contributed by atoms with Gasteiger partial charge in [-0.3, -0.25) is 0 Å². The first-order valence-electron chi connectivity index (χ1n) is 6.08. The topological polar surface area (TPSA) is 41.9 Å². The molecule has 0 aliphatic carbocycles. The summed E-state index contributed by atoms with van der Waals surface area (Å²) in [6.45, 7) is 6.18. The number of fused-ring (bicyclic) bond motifs is 3. The average Bonchev–Trinajstić information content (AvgIpc) is 2.80. The predicted molar refractivity (Wildman–Crippen MR) is 76.3 cm³/mol. The third kappa shape index (κ3) is 1.62. The first-order chi connectivity index (χ1) is 8.85. The SMILES string of the molecule is CCN(CC)c1ncnc2c1sc1ncccc12. The van der Waals surface area contributed by atoms with Crippen molar-refractivity contribution in [2.75, 3.05) is 18.0 Å². The lowest BCUT2D eigenvalue weighted by atomic mass is 10.3. The Hall–Kier alpha value is -1.75. The van der Waals surface area contributed by atoms with Crippen molar-refractivity contribution in [3.63, 3.8) is 0 Å². The van der Waals surface area contributed by atoms with Gasteiger partial charge in [0, 0.05) is 24.7 Å². The molecule has 3 heterocycles. The fourth-order valence-corrected chi connectivity index (χ4v) is 3.26. The molecule has 0 aromatic carbocycles. The smallest absolute Gasteiger partial charge is 0.150 e. The van der Waals surface area contributed by atoms with Crippen LogP contribution < -0.4 is 4.90 Å². The number of pyridine rings is 1. The van der Waals surface area contributed by atoms with Crippen molar-refractivity contribution in [2.24, 2.45) is 0 Å². The van der Waals surface area contributed by atoms with E-state index >= 15 is 0 Å². The van der Waals surface area contributed by atoms with Crippen LogP contribution in [0.4, 0.5) is 5.82 Å². The van der Waals surface area contributed by atoms with Crippen LogP contribution in [0.15, 0.2) is 24.7 Å².